The van der Waals surface area contributed by atoms with Gasteiger partial charge in [0.05, 0.1) is 17.9 Å². The molecule has 0 bridgehead atoms. The van der Waals surface area contributed by atoms with E-state index in [2.05, 4.69) is 14.7 Å². The van der Waals surface area contributed by atoms with Gasteiger partial charge in [0.1, 0.15) is 16.5 Å². The molecule has 0 aliphatic heterocycles. The normalized spacial score (nSPS) is 11.5. The first-order chi connectivity index (χ1) is 9.40. The summed E-state index contributed by atoms with van der Waals surface area (Å²) in [6.45, 7) is 1.67. The molecule has 0 saturated carbocycles. The van der Waals surface area contributed by atoms with E-state index < -0.39 is 21.5 Å². The maximum Gasteiger partial charge on any atom is 0.243 e. The predicted molar refractivity (Wildman–Crippen MR) is 71.6 cm³/mol. The molecule has 0 radical (unpaired) electrons. The largest absolute Gasteiger partial charge is 0.395 e. The van der Waals surface area contributed by atoms with Gasteiger partial charge in [-0.1, -0.05) is 6.07 Å². The number of halogens is 1. The van der Waals surface area contributed by atoms with Crippen molar-refractivity contribution in [1.29, 1.82) is 0 Å². The average Bonchev–Trinajstić information content (AvgIpc) is 2.40. The number of anilines is 1. The van der Waals surface area contributed by atoms with Gasteiger partial charge in [0, 0.05) is 6.20 Å². The van der Waals surface area contributed by atoms with Gasteiger partial charge in [-0.15, -0.1) is 0 Å². The number of benzene rings is 1. The molecule has 6 nitrogen and oxygen atoms in total. The minimum absolute atomic E-state index is 0.0261. The molecule has 106 valence electrons. The van der Waals surface area contributed by atoms with Crippen molar-refractivity contribution in [2.75, 3.05) is 5.73 Å². The van der Waals surface area contributed by atoms with Crippen molar-refractivity contribution >= 4 is 15.7 Å². The fourth-order valence-corrected chi connectivity index (χ4v) is 2.74. The number of hydrogen-bond acceptors (Lipinski definition) is 5. The smallest absolute Gasteiger partial charge is 0.243 e. The highest BCUT2D eigenvalue weighted by atomic mass is 32.2. The third-order valence-corrected chi connectivity index (χ3v) is 4.04. The van der Waals surface area contributed by atoms with Crippen LogP contribution >= 0.6 is 0 Å². The fourth-order valence-electron chi connectivity index (χ4n) is 1.60. The highest BCUT2D eigenvalue weighted by Gasteiger charge is 2.19. The number of nitrogen functional groups attached to an aromatic ring is 1. The van der Waals surface area contributed by atoms with Gasteiger partial charge in [0.2, 0.25) is 10.0 Å². The number of sulfonamides is 1. The van der Waals surface area contributed by atoms with E-state index in [-0.39, 0.29) is 11.4 Å². The molecule has 0 aliphatic carbocycles. The van der Waals surface area contributed by atoms with Crippen LogP contribution < -0.4 is 10.5 Å². The van der Waals surface area contributed by atoms with Crippen LogP contribution in [0.4, 0.5) is 10.1 Å². The zero-order valence-corrected chi connectivity index (χ0v) is 11.5. The Labute approximate surface area is 115 Å². The molecule has 1 aromatic heterocycles. The maximum absolute atomic E-state index is 13.3. The maximum atomic E-state index is 13.3. The molecule has 0 saturated heterocycles. The number of rotatable bonds is 4. The van der Waals surface area contributed by atoms with Gasteiger partial charge in [0.15, 0.2) is 0 Å². The molecular formula is C12H13FN4O2S. The molecule has 0 fully saturated rings. The zero-order chi connectivity index (χ0) is 14.8. The molecule has 20 heavy (non-hydrogen) atoms. The third-order valence-electron chi connectivity index (χ3n) is 2.58. The highest BCUT2D eigenvalue weighted by Crippen LogP contribution is 2.20. The Balaban J connectivity index is 2.22. The molecule has 3 N–H and O–H groups in total. The number of nitrogens with two attached hydrogens (primary N) is 1. The van der Waals surface area contributed by atoms with Crippen molar-refractivity contribution in [3.8, 4) is 0 Å². The van der Waals surface area contributed by atoms with Crippen molar-refractivity contribution < 1.29 is 12.8 Å². The van der Waals surface area contributed by atoms with E-state index >= 15 is 0 Å². The van der Waals surface area contributed by atoms with Crippen LogP contribution in [0.1, 0.15) is 11.5 Å². The standard InChI is InChI=1S/C12H13FN4O2S/c1-8-15-6-5-9(17-8)7-16-20(18,19)11-4-2-3-10(13)12(11)14/h2-6,16H,7,14H2,1H3. The number of para-hydroxylation sites is 1. The van der Waals surface area contributed by atoms with Crippen LogP contribution in [0.5, 0.6) is 0 Å². The Bertz CT molecular complexity index is 734. The SMILES string of the molecule is Cc1nccc(CNS(=O)(=O)c2cccc(F)c2N)n1. The second-order valence-corrected chi connectivity index (χ2v) is 5.81. The lowest BCUT2D eigenvalue weighted by Crippen LogP contribution is -2.25. The monoisotopic (exact) mass is 296 g/mol. The highest BCUT2D eigenvalue weighted by molar-refractivity contribution is 7.89. The van der Waals surface area contributed by atoms with Gasteiger partial charge >= 0.3 is 0 Å². The number of nitrogens with one attached hydrogen (secondary N) is 1. The van der Waals surface area contributed by atoms with Gasteiger partial charge in [0.25, 0.3) is 0 Å². The summed E-state index contributed by atoms with van der Waals surface area (Å²) in [7, 11) is -3.90. The van der Waals surface area contributed by atoms with E-state index in [0.29, 0.717) is 11.5 Å². The van der Waals surface area contributed by atoms with Crippen molar-refractivity contribution in [1.82, 2.24) is 14.7 Å². The molecule has 2 aromatic rings. The molecule has 0 spiro atoms. The number of aromatic nitrogens is 2. The molecule has 1 aromatic carbocycles. The van der Waals surface area contributed by atoms with E-state index in [1.54, 1.807) is 13.0 Å². The van der Waals surface area contributed by atoms with E-state index in [1.165, 1.54) is 18.3 Å². The van der Waals surface area contributed by atoms with E-state index in [1.807, 2.05) is 0 Å². The van der Waals surface area contributed by atoms with Gasteiger partial charge in [-0.2, -0.15) is 0 Å². The summed E-state index contributed by atoms with van der Waals surface area (Å²) >= 11 is 0. The van der Waals surface area contributed by atoms with Crippen LogP contribution in [-0.2, 0) is 16.6 Å². The molecule has 0 unspecified atom stereocenters. The van der Waals surface area contributed by atoms with Gasteiger partial charge in [-0.05, 0) is 25.1 Å². The minimum Gasteiger partial charge on any atom is -0.395 e. The summed E-state index contributed by atoms with van der Waals surface area (Å²) in [4.78, 5) is 7.69. The molecular weight excluding hydrogens is 283 g/mol. The zero-order valence-electron chi connectivity index (χ0n) is 10.7. The Morgan fingerprint density at radius 2 is 2.10 bits per heavy atom. The minimum atomic E-state index is -3.90. The van der Waals surface area contributed by atoms with Crippen molar-refractivity contribution in [2.24, 2.45) is 0 Å². The lowest BCUT2D eigenvalue weighted by atomic mass is 10.3. The summed E-state index contributed by atoms with van der Waals surface area (Å²) in [5.41, 5.74) is 5.55. The molecule has 2 rings (SSSR count). The predicted octanol–water partition coefficient (Wildman–Crippen LogP) is 0.985. The number of hydrogen-bond donors (Lipinski definition) is 2. The molecule has 8 heteroatoms. The molecule has 0 aliphatic rings. The van der Waals surface area contributed by atoms with Gasteiger partial charge in [-0.25, -0.2) is 27.5 Å². The summed E-state index contributed by atoms with van der Waals surface area (Å²) in [6.07, 6.45) is 1.53. The topological polar surface area (TPSA) is 98.0 Å². The molecule has 1 heterocycles. The summed E-state index contributed by atoms with van der Waals surface area (Å²) in [6, 6.07) is 5.22. The van der Waals surface area contributed by atoms with Crippen LogP contribution in [0.2, 0.25) is 0 Å². The quantitative estimate of drug-likeness (QED) is 0.820. The van der Waals surface area contributed by atoms with Crippen LogP contribution in [0.25, 0.3) is 0 Å². The molecule has 0 amide bonds. The van der Waals surface area contributed by atoms with E-state index in [4.69, 9.17) is 5.73 Å². The van der Waals surface area contributed by atoms with Crippen molar-refractivity contribution in [3.63, 3.8) is 0 Å². The van der Waals surface area contributed by atoms with Crippen molar-refractivity contribution in [3.05, 3.63) is 47.8 Å². The fraction of sp³-hybridized carbons (Fsp3) is 0.167. The second-order valence-electron chi connectivity index (χ2n) is 4.07. The lowest BCUT2D eigenvalue weighted by Gasteiger charge is -2.09. The Kier molecular flexibility index (Phi) is 3.96. The van der Waals surface area contributed by atoms with Crippen LogP contribution in [0.15, 0.2) is 35.4 Å². The van der Waals surface area contributed by atoms with Crippen molar-refractivity contribution in [2.45, 2.75) is 18.4 Å². The van der Waals surface area contributed by atoms with E-state index in [0.717, 1.165) is 6.07 Å². The first-order valence-electron chi connectivity index (χ1n) is 5.72. The second kappa shape index (κ2) is 5.51. The van der Waals surface area contributed by atoms with Crippen LogP contribution in [-0.4, -0.2) is 18.4 Å². The Hall–Kier alpha value is -2.06. The molecule has 0 atom stereocenters. The third kappa shape index (κ3) is 3.09. The summed E-state index contributed by atoms with van der Waals surface area (Å²) < 4.78 is 39.7. The Morgan fingerprint density at radius 3 is 2.80 bits per heavy atom. The summed E-state index contributed by atoms with van der Waals surface area (Å²) in [5.74, 6) is -0.238. The first-order valence-corrected chi connectivity index (χ1v) is 7.20. The lowest BCUT2D eigenvalue weighted by molar-refractivity contribution is 0.577. The summed E-state index contributed by atoms with van der Waals surface area (Å²) in [5, 5.41) is 0. The first kappa shape index (κ1) is 14.4. The number of nitrogens with zero attached hydrogens (tertiary/aromatic N) is 2. The average molecular weight is 296 g/mol. The van der Waals surface area contributed by atoms with Crippen LogP contribution in [0.3, 0.4) is 0 Å². The van der Waals surface area contributed by atoms with Gasteiger partial charge < -0.3 is 5.73 Å². The van der Waals surface area contributed by atoms with E-state index in [9.17, 15) is 12.8 Å². The van der Waals surface area contributed by atoms with Crippen LogP contribution in [0, 0.1) is 12.7 Å². The van der Waals surface area contributed by atoms with Gasteiger partial charge in [-0.3, -0.25) is 0 Å². The Morgan fingerprint density at radius 1 is 1.35 bits per heavy atom. The number of aryl methyl sites for hydroxylation is 1.